The summed E-state index contributed by atoms with van der Waals surface area (Å²) in [6.45, 7) is -3.46. The van der Waals surface area contributed by atoms with Crippen molar-refractivity contribution in [3.63, 3.8) is 0 Å². The third kappa shape index (κ3) is 8.67. The second-order valence-electron chi connectivity index (χ2n) is 13.7. The first-order valence-electron chi connectivity index (χ1n) is 17.4. The molecule has 3 fully saturated rings. The first kappa shape index (κ1) is 42.9. The van der Waals surface area contributed by atoms with E-state index in [1.807, 2.05) is 0 Å². The third-order valence-electron chi connectivity index (χ3n) is 9.63. The van der Waals surface area contributed by atoms with E-state index in [1.54, 1.807) is 0 Å². The number of phenols is 3. The number of carbonyl (C=O) groups is 2. The molecular weight excluding hydrogens is 788 g/mol. The monoisotopic (exact) mass is 828 g/mol. The number of aromatic hydroxyl groups is 3. The first-order chi connectivity index (χ1) is 27.4. The maximum atomic E-state index is 13.1. The van der Waals surface area contributed by atoms with Crippen molar-refractivity contribution in [2.45, 2.75) is 85.8 Å². The summed E-state index contributed by atoms with van der Waals surface area (Å²) in [5.41, 5.74) is -3.17. The molecule has 318 valence electrons. The van der Waals surface area contributed by atoms with Crippen LogP contribution in [-0.4, -0.2) is 179 Å². The van der Waals surface area contributed by atoms with Gasteiger partial charge in [-0.05, 0) is 18.2 Å². The zero-order chi connectivity index (χ0) is 42.2. The zero-order valence-corrected chi connectivity index (χ0v) is 29.8. The summed E-state index contributed by atoms with van der Waals surface area (Å²) in [7, 11) is 0. The molecule has 12 N–H and O–H groups in total. The molecule has 23 nitrogen and oxygen atoms in total. The van der Waals surface area contributed by atoms with Gasteiger partial charge in [0, 0.05) is 23.8 Å². The van der Waals surface area contributed by atoms with E-state index in [9.17, 15) is 70.6 Å². The number of aliphatic hydroxyl groups excluding tert-OH is 7. The van der Waals surface area contributed by atoms with Crippen LogP contribution in [0.2, 0.25) is 0 Å². The Morgan fingerprint density at radius 1 is 0.793 bits per heavy atom. The number of ether oxygens (including phenoxy) is 7. The van der Waals surface area contributed by atoms with Crippen LogP contribution in [0.15, 0.2) is 45.6 Å². The van der Waals surface area contributed by atoms with Crippen LogP contribution >= 0.6 is 0 Å². The number of esters is 1. The lowest BCUT2D eigenvalue weighted by Crippen LogP contribution is -2.66. The molecule has 58 heavy (non-hydrogen) atoms. The molecule has 23 heteroatoms. The Morgan fingerprint density at radius 3 is 2.16 bits per heavy atom. The number of aliphatic carboxylic acids is 1. The average Bonchev–Trinajstić information content (AvgIpc) is 3.46. The normalized spacial score (nSPS) is 33.9. The van der Waals surface area contributed by atoms with Gasteiger partial charge in [-0.1, -0.05) is 0 Å². The Labute approximate surface area is 324 Å². The van der Waals surface area contributed by atoms with E-state index in [2.05, 4.69) is 0 Å². The number of hydrogen-bond acceptors (Lipinski definition) is 22. The lowest BCUT2D eigenvalue weighted by atomic mass is 9.96. The van der Waals surface area contributed by atoms with Gasteiger partial charge in [-0.15, -0.1) is 0 Å². The second-order valence-corrected chi connectivity index (χ2v) is 13.7. The molecule has 0 spiro atoms. The van der Waals surface area contributed by atoms with Gasteiger partial charge in [-0.25, -0.2) is 0 Å². The van der Waals surface area contributed by atoms with Crippen molar-refractivity contribution in [1.29, 1.82) is 0 Å². The molecule has 3 aromatic rings. The number of carboxylic acids is 1. The van der Waals surface area contributed by atoms with Gasteiger partial charge in [-0.2, -0.15) is 0 Å². The number of phenolic OH excluding ortho intramolecular Hbond substituents is 3. The van der Waals surface area contributed by atoms with Crippen molar-refractivity contribution < 1.29 is 108 Å². The fraction of sp³-hybridized carbons (Fsp3) is 0.514. The fourth-order valence-electron chi connectivity index (χ4n) is 6.45. The van der Waals surface area contributed by atoms with Crippen LogP contribution < -0.4 is 10.2 Å². The quantitative estimate of drug-likeness (QED) is 0.0445. The minimum absolute atomic E-state index is 0.130. The van der Waals surface area contributed by atoms with Crippen molar-refractivity contribution in [2.24, 2.45) is 0 Å². The summed E-state index contributed by atoms with van der Waals surface area (Å²) in [4.78, 5) is 36.5. The third-order valence-corrected chi connectivity index (χ3v) is 9.63. The predicted octanol–water partition coefficient (Wildman–Crippen LogP) is -3.93. The number of aliphatic hydroxyl groups is 8. The number of fused-ring (bicyclic) bond motifs is 1. The molecule has 0 unspecified atom stereocenters. The molecule has 0 aliphatic carbocycles. The highest BCUT2D eigenvalue weighted by Gasteiger charge is 2.56. The van der Waals surface area contributed by atoms with Crippen molar-refractivity contribution >= 4 is 22.9 Å². The van der Waals surface area contributed by atoms with E-state index < -0.39 is 147 Å². The predicted molar refractivity (Wildman–Crippen MR) is 183 cm³/mol. The molecule has 3 aliphatic heterocycles. The highest BCUT2D eigenvalue weighted by Crippen LogP contribution is 2.38. The van der Waals surface area contributed by atoms with Gasteiger partial charge in [0.25, 0.3) is 0 Å². The van der Waals surface area contributed by atoms with Crippen molar-refractivity contribution in [1.82, 2.24) is 0 Å². The second kappa shape index (κ2) is 17.2. The number of hydrogen-bond donors (Lipinski definition) is 12. The van der Waals surface area contributed by atoms with Gasteiger partial charge in [0.1, 0.15) is 95.7 Å². The molecule has 0 radical (unpaired) electrons. The molecule has 3 aliphatic rings. The summed E-state index contributed by atoms with van der Waals surface area (Å²) in [5, 5.41) is 123. The number of carboxylic acid groups (broad SMARTS) is 1. The summed E-state index contributed by atoms with van der Waals surface area (Å²) < 4.78 is 45.2. The average molecular weight is 829 g/mol. The highest BCUT2D eigenvalue weighted by molar-refractivity contribution is 5.90. The summed E-state index contributed by atoms with van der Waals surface area (Å²) in [6, 6.07) is 6.59. The Morgan fingerprint density at radius 2 is 1.50 bits per heavy atom. The van der Waals surface area contributed by atoms with Crippen LogP contribution in [-0.2, 0) is 38.0 Å². The molecule has 4 heterocycles. The minimum atomic E-state index is -2.25. The van der Waals surface area contributed by atoms with E-state index in [0.29, 0.717) is 0 Å². The van der Waals surface area contributed by atoms with E-state index in [1.165, 1.54) is 6.07 Å². The molecule has 0 saturated carbocycles. The van der Waals surface area contributed by atoms with Gasteiger partial charge in [-0.3, -0.25) is 14.4 Å². The molecule has 0 amide bonds. The van der Waals surface area contributed by atoms with Crippen LogP contribution in [0.25, 0.3) is 22.3 Å². The maximum Gasteiger partial charge on any atom is 0.317 e. The Kier molecular flexibility index (Phi) is 12.7. The van der Waals surface area contributed by atoms with E-state index in [-0.39, 0.29) is 28.0 Å². The molecule has 13 atom stereocenters. The molecule has 1 aromatic heterocycles. The van der Waals surface area contributed by atoms with Crippen LogP contribution in [0.4, 0.5) is 0 Å². The summed E-state index contributed by atoms with van der Waals surface area (Å²) >= 11 is 0. The largest absolute Gasteiger partial charge is 0.507 e. The van der Waals surface area contributed by atoms with Crippen molar-refractivity contribution in [2.75, 3.05) is 26.4 Å². The number of rotatable bonds is 13. The number of carbonyl (C=O) groups excluding carboxylic acids is 1. The Hall–Kier alpha value is -4.73. The Balaban J connectivity index is 1.38. The smallest absolute Gasteiger partial charge is 0.317 e. The maximum absolute atomic E-state index is 13.1. The van der Waals surface area contributed by atoms with E-state index >= 15 is 0 Å². The van der Waals surface area contributed by atoms with Crippen LogP contribution in [0.5, 0.6) is 23.0 Å². The summed E-state index contributed by atoms with van der Waals surface area (Å²) in [5.74, 6) is -5.03. The number of benzene rings is 2. The van der Waals surface area contributed by atoms with Gasteiger partial charge in [0.15, 0.2) is 35.6 Å². The van der Waals surface area contributed by atoms with Gasteiger partial charge in [0.05, 0.1) is 19.8 Å². The molecule has 6 rings (SSSR count). The standard InChI is InChI=1S/C35H40O23/c36-8-20-25(45)26(46)27(47)32(55-20)57-29-21(9-51-23(44)7-22(42)43)56-33(30(28(29)48)58-34-31(49)35(50,10-37)11-52-34)53-13-4-16(40)24-17(41)6-18(54-19(24)5-13)12-1-2-14(38)15(39)3-12/h1-6,20-21,25-34,36-40,45-50H,7-11H2,(H,42,43)/t20-,21-,25-,26+,27-,28+,29-,30-,31+,32+,33-,34+,35-/m1/s1. The molecule has 3 saturated heterocycles. The molecule has 0 bridgehead atoms. The fourth-order valence-corrected chi connectivity index (χ4v) is 6.45. The van der Waals surface area contributed by atoms with E-state index in [0.717, 1.165) is 30.3 Å². The van der Waals surface area contributed by atoms with Gasteiger partial charge < -0.3 is 98.9 Å². The lowest BCUT2D eigenvalue weighted by Gasteiger charge is -2.47. The van der Waals surface area contributed by atoms with Crippen LogP contribution in [0.1, 0.15) is 6.42 Å². The van der Waals surface area contributed by atoms with Crippen LogP contribution in [0.3, 0.4) is 0 Å². The first-order valence-corrected chi connectivity index (χ1v) is 17.4. The molecule has 2 aromatic carbocycles. The van der Waals surface area contributed by atoms with Gasteiger partial charge >= 0.3 is 11.9 Å². The summed E-state index contributed by atoms with van der Waals surface area (Å²) in [6.07, 6.45) is -23.8. The Bertz CT molecular complexity index is 2020. The van der Waals surface area contributed by atoms with Crippen LogP contribution in [0, 0.1) is 0 Å². The topological polar surface area (TPSA) is 372 Å². The SMILES string of the molecule is O=C(O)CC(=O)OC[C@H]1O[C@@H](Oc2cc(O)c3c(=O)cc(-c4ccc(O)c(O)c4)oc3c2)[C@H](O[C@@H]2OC[C@](O)(CO)[C@H]2O)[C@@H](O)[C@@H]1O[C@@H]1O[C@H](CO)[C@@H](O)[C@H](O)[C@H]1O. The lowest BCUT2D eigenvalue weighted by molar-refractivity contribution is -0.364. The van der Waals surface area contributed by atoms with Gasteiger partial charge in [0.2, 0.25) is 6.29 Å². The highest BCUT2D eigenvalue weighted by atomic mass is 16.8. The van der Waals surface area contributed by atoms with Crippen molar-refractivity contribution in [3.05, 3.63) is 46.6 Å². The van der Waals surface area contributed by atoms with E-state index in [4.69, 9.17) is 42.7 Å². The van der Waals surface area contributed by atoms with Crippen molar-refractivity contribution in [3.8, 4) is 34.3 Å². The zero-order valence-electron chi connectivity index (χ0n) is 29.8. The minimum Gasteiger partial charge on any atom is -0.507 e. The molecular formula is C35H40O23.